The Kier molecular flexibility index (Phi) is 3.34. The van der Waals surface area contributed by atoms with Crippen molar-refractivity contribution in [3.05, 3.63) is 41.2 Å². The Labute approximate surface area is 113 Å². The number of nitrogens with zero attached hydrogens (tertiary/aromatic N) is 3. The Morgan fingerprint density at radius 3 is 2.63 bits per heavy atom. The highest BCUT2D eigenvalue weighted by Gasteiger charge is 2.20. The molecule has 100 valence electrons. The third-order valence-corrected chi connectivity index (χ3v) is 3.45. The lowest BCUT2D eigenvalue weighted by molar-refractivity contribution is 0.628. The van der Waals surface area contributed by atoms with Crippen molar-refractivity contribution < 1.29 is 0 Å². The number of aromatic nitrogens is 3. The lowest BCUT2D eigenvalue weighted by Crippen LogP contribution is -2.16. The van der Waals surface area contributed by atoms with Crippen molar-refractivity contribution in [2.45, 2.75) is 33.2 Å². The van der Waals surface area contributed by atoms with Crippen molar-refractivity contribution in [3.8, 4) is 5.69 Å². The number of rotatable bonds is 5. The maximum absolute atomic E-state index is 4.22. The lowest BCUT2D eigenvalue weighted by atomic mass is 10.1. The highest BCUT2D eigenvalue weighted by atomic mass is 15.4. The Balaban J connectivity index is 1.68. The summed E-state index contributed by atoms with van der Waals surface area (Å²) in [7, 11) is 0. The summed E-state index contributed by atoms with van der Waals surface area (Å²) in [5.74, 6) is 0.898. The molecule has 1 N–H and O–H groups in total. The van der Waals surface area contributed by atoms with E-state index in [0.717, 1.165) is 30.4 Å². The first-order valence-electron chi connectivity index (χ1n) is 6.91. The summed E-state index contributed by atoms with van der Waals surface area (Å²) in [6, 6.07) is 6.42. The molecule has 1 heterocycles. The van der Waals surface area contributed by atoms with Crippen LogP contribution in [0.3, 0.4) is 0 Å². The number of hydrogen-bond acceptors (Lipinski definition) is 3. The molecule has 2 aromatic rings. The van der Waals surface area contributed by atoms with Crippen molar-refractivity contribution in [1.29, 1.82) is 0 Å². The molecule has 4 nitrogen and oxygen atoms in total. The Bertz CT molecular complexity index is 549. The molecular formula is C15H20N4. The summed E-state index contributed by atoms with van der Waals surface area (Å²) in [6.45, 7) is 6.12. The fraction of sp³-hybridized carbons (Fsp3) is 0.467. The minimum Gasteiger partial charge on any atom is -0.311 e. The molecule has 4 heteroatoms. The van der Waals surface area contributed by atoms with E-state index in [1.54, 1.807) is 0 Å². The van der Waals surface area contributed by atoms with Crippen LogP contribution in [0.5, 0.6) is 0 Å². The van der Waals surface area contributed by atoms with Crippen molar-refractivity contribution in [2.24, 2.45) is 5.92 Å². The largest absolute Gasteiger partial charge is 0.311 e. The van der Waals surface area contributed by atoms with Gasteiger partial charge < -0.3 is 5.32 Å². The number of benzene rings is 1. The molecule has 1 aliphatic rings. The number of nitrogens with one attached hydrogen (secondary N) is 1. The molecule has 1 fully saturated rings. The van der Waals surface area contributed by atoms with Gasteiger partial charge in [-0.05, 0) is 62.4 Å². The minimum atomic E-state index is 0.807. The average molecular weight is 256 g/mol. The highest BCUT2D eigenvalue weighted by Crippen LogP contribution is 2.27. The lowest BCUT2D eigenvalue weighted by Gasteiger charge is -2.03. The van der Waals surface area contributed by atoms with Crippen molar-refractivity contribution in [1.82, 2.24) is 20.3 Å². The van der Waals surface area contributed by atoms with Crippen LogP contribution < -0.4 is 5.32 Å². The molecule has 0 saturated heterocycles. The summed E-state index contributed by atoms with van der Waals surface area (Å²) < 4.78 is 1.86. The van der Waals surface area contributed by atoms with Crippen LogP contribution in [0.15, 0.2) is 24.4 Å². The third-order valence-electron chi connectivity index (χ3n) is 3.45. The van der Waals surface area contributed by atoms with E-state index in [2.05, 4.69) is 47.7 Å². The molecule has 1 aliphatic carbocycles. The fourth-order valence-electron chi connectivity index (χ4n) is 2.31. The topological polar surface area (TPSA) is 42.7 Å². The van der Waals surface area contributed by atoms with Gasteiger partial charge in [0.15, 0.2) is 0 Å². The van der Waals surface area contributed by atoms with Crippen molar-refractivity contribution in [2.75, 3.05) is 6.54 Å². The van der Waals surface area contributed by atoms with Gasteiger partial charge in [0, 0.05) is 6.54 Å². The average Bonchev–Trinajstić information content (AvgIpc) is 3.04. The summed E-state index contributed by atoms with van der Waals surface area (Å²) in [5, 5.41) is 11.9. The van der Waals surface area contributed by atoms with E-state index in [4.69, 9.17) is 0 Å². The highest BCUT2D eigenvalue weighted by molar-refractivity contribution is 5.38. The van der Waals surface area contributed by atoms with Gasteiger partial charge >= 0.3 is 0 Å². The van der Waals surface area contributed by atoms with Gasteiger partial charge in [-0.1, -0.05) is 11.3 Å². The molecular weight excluding hydrogens is 236 g/mol. The smallest absolute Gasteiger partial charge is 0.0969 e. The van der Waals surface area contributed by atoms with Crippen LogP contribution in [0.4, 0.5) is 0 Å². The van der Waals surface area contributed by atoms with E-state index in [9.17, 15) is 0 Å². The molecule has 0 unspecified atom stereocenters. The Morgan fingerprint density at radius 1 is 1.21 bits per heavy atom. The van der Waals surface area contributed by atoms with E-state index in [1.807, 2.05) is 10.9 Å². The number of hydrogen-bond donors (Lipinski definition) is 1. The first-order valence-corrected chi connectivity index (χ1v) is 6.91. The standard InChI is InChI=1S/C15H20N4/c1-11-5-12(2)7-15(6-11)19-10-14(17-18-19)9-16-8-13-3-4-13/h5-7,10,13,16H,3-4,8-9H2,1-2H3. The molecule has 0 amide bonds. The zero-order valence-electron chi connectivity index (χ0n) is 11.6. The summed E-state index contributed by atoms with van der Waals surface area (Å²) in [5.41, 5.74) is 4.58. The SMILES string of the molecule is Cc1cc(C)cc(-n2cc(CNCC3CC3)nn2)c1. The molecule has 0 spiro atoms. The van der Waals surface area contributed by atoms with E-state index in [1.165, 1.54) is 24.0 Å². The molecule has 0 radical (unpaired) electrons. The van der Waals surface area contributed by atoms with Crippen LogP contribution in [-0.2, 0) is 6.54 Å². The van der Waals surface area contributed by atoms with Crippen LogP contribution in [0.2, 0.25) is 0 Å². The molecule has 1 aromatic heterocycles. The van der Waals surface area contributed by atoms with Crippen LogP contribution in [-0.4, -0.2) is 21.5 Å². The summed E-state index contributed by atoms with van der Waals surface area (Å²) in [4.78, 5) is 0. The molecule has 0 bridgehead atoms. The summed E-state index contributed by atoms with van der Waals surface area (Å²) >= 11 is 0. The van der Waals surface area contributed by atoms with Crippen LogP contribution in [0, 0.1) is 19.8 Å². The Morgan fingerprint density at radius 2 is 1.95 bits per heavy atom. The summed E-state index contributed by atoms with van der Waals surface area (Å²) in [6.07, 6.45) is 4.76. The van der Waals surface area contributed by atoms with E-state index < -0.39 is 0 Å². The molecule has 1 aromatic carbocycles. The predicted molar refractivity (Wildman–Crippen MR) is 75.3 cm³/mol. The second-order valence-electron chi connectivity index (χ2n) is 5.57. The van der Waals surface area contributed by atoms with Gasteiger partial charge in [0.25, 0.3) is 0 Å². The zero-order chi connectivity index (χ0) is 13.2. The zero-order valence-corrected chi connectivity index (χ0v) is 11.6. The second kappa shape index (κ2) is 5.13. The van der Waals surface area contributed by atoms with Crippen molar-refractivity contribution in [3.63, 3.8) is 0 Å². The monoisotopic (exact) mass is 256 g/mol. The number of aryl methyl sites for hydroxylation is 2. The first-order chi connectivity index (χ1) is 9.20. The molecule has 3 rings (SSSR count). The van der Waals surface area contributed by atoms with Crippen molar-refractivity contribution >= 4 is 0 Å². The van der Waals surface area contributed by atoms with Gasteiger partial charge in [0.05, 0.1) is 17.6 Å². The van der Waals surface area contributed by atoms with Gasteiger partial charge in [-0.3, -0.25) is 0 Å². The van der Waals surface area contributed by atoms with Gasteiger partial charge in [0.2, 0.25) is 0 Å². The fourth-order valence-corrected chi connectivity index (χ4v) is 2.31. The van der Waals surface area contributed by atoms with Gasteiger partial charge in [-0.2, -0.15) is 0 Å². The maximum Gasteiger partial charge on any atom is 0.0969 e. The second-order valence-corrected chi connectivity index (χ2v) is 5.57. The third kappa shape index (κ3) is 3.20. The molecule has 1 saturated carbocycles. The van der Waals surface area contributed by atoms with E-state index in [-0.39, 0.29) is 0 Å². The quantitative estimate of drug-likeness (QED) is 0.893. The van der Waals surface area contributed by atoms with Crippen LogP contribution >= 0.6 is 0 Å². The minimum absolute atomic E-state index is 0.807. The van der Waals surface area contributed by atoms with Crippen LogP contribution in [0.1, 0.15) is 29.7 Å². The van der Waals surface area contributed by atoms with E-state index in [0.29, 0.717) is 0 Å². The first kappa shape index (κ1) is 12.4. The van der Waals surface area contributed by atoms with Gasteiger partial charge in [-0.25, -0.2) is 4.68 Å². The molecule has 0 aliphatic heterocycles. The normalized spacial score (nSPS) is 14.8. The predicted octanol–water partition coefficient (Wildman–Crippen LogP) is 2.38. The van der Waals surface area contributed by atoms with E-state index >= 15 is 0 Å². The van der Waals surface area contributed by atoms with Gasteiger partial charge in [-0.15, -0.1) is 5.10 Å². The Hall–Kier alpha value is -1.68. The molecule has 19 heavy (non-hydrogen) atoms. The van der Waals surface area contributed by atoms with Crippen LogP contribution in [0.25, 0.3) is 5.69 Å². The van der Waals surface area contributed by atoms with Gasteiger partial charge in [0.1, 0.15) is 0 Å². The maximum atomic E-state index is 4.22. The molecule has 0 atom stereocenters.